The van der Waals surface area contributed by atoms with E-state index in [1.165, 1.54) is 0 Å². The van der Waals surface area contributed by atoms with Crippen molar-refractivity contribution in [2.45, 2.75) is 18.4 Å². The van der Waals surface area contributed by atoms with Crippen LogP contribution in [-0.4, -0.2) is 94.5 Å². The minimum atomic E-state index is -5.08. The second-order valence-corrected chi connectivity index (χ2v) is 8.40. The first-order chi connectivity index (χ1) is 18.0. The number of carboxylic acids is 2. The van der Waals surface area contributed by atoms with Crippen molar-refractivity contribution in [2.24, 2.45) is 0 Å². The van der Waals surface area contributed by atoms with Gasteiger partial charge in [-0.3, -0.25) is 9.30 Å². The predicted molar refractivity (Wildman–Crippen MR) is 127 cm³/mol. The van der Waals surface area contributed by atoms with Gasteiger partial charge in [-0.05, 0) is 56.1 Å². The number of piperazine rings is 1. The number of alkyl halides is 6. The van der Waals surface area contributed by atoms with Crippen molar-refractivity contribution >= 4 is 17.6 Å². The number of rotatable bonds is 3. The Bertz CT molecular complexity index is 1240. The first-order valence-electron chi connectivity index (χ1n) is 11.2. The number of imidazole rings is 1. The molecule has 3 aromatic rings. The molecular weight excluding hydrogens is 538 g/mol. The van der Waals surface area contributed by atoms with Gasteiger partial charge in [0, 0.05) is 25.8 Å². The van der Waals surface area contributed by atoms with Gasteiger partial charge in [-0.25, -0.2) is 14.6 Å². The molecule has 3 heterocycles. The molecule has 9 nitrogen and oxygen atoms in total. The van der Waals surface area contributed by atoms with Crippen LogP contribution in [0.5, 0.6) is 5.75 Å². The summed E-state index contributed by atoms with van der Waals surface area (Å²) in [6.07, 6.45) is -7.98. The average molecular weight is 564 g/mol. The number of pyridine rings is 1. The quantitative estimate of drug-likeness (QED) is 0.456. The van der Waals surface area contributed by atoms with E-state index < -0.39 is 24.3 Å². The normalized spacial score (nSPS) is 16.5. The van der Waals surface area contributed by atoms with Gasteiger partial charge in [0.25, 0.3) is 0 Å². The molecule has 2 N–H and O–H groups in total. The third kappa shape index (κ3) is 8.85. The summed E-state index contributed by atoms with van der Waals surface area (Å²) in [7, 11) is 6.06. The SMILES string of the molecule is COc1ccc(-c2cccc3nc(C4CN(C)CCN4C)cn23)cc1.O=C(O)C(F)(F)F.O=C(O)C(F)(F)F. The van der Waals surface area contributed by atoms with Crippen LogP contribution in [0.25, 0.3) is 16.9 Å². The van der Waals surface area contributed by atoms with E-state index in [4.69, 9.17) is 29.5 Å². The lowest BCUT2D eigenvalue weighted by atomic mass is 10.1. The number of carbonyl (C=O) groups is 2. The van der Waals surface area contributed by atoms with Gasteiger partial charge >= 0.3 is 24.3 Å². The molecular formula is C24H26F6N4O5. The van der Waals surface area contributed by atoms with E-state index >= 15 is 0 Å². The Balaban J connectivity index is 0.000000317. The maximum Gasteiger partial charge on any atom is 0.490 e. The highest BCUT2D eigenvalue weighted by molar-refractivity contribution is 5.73. The minimum Gasteiger partial charge on any atom is -0.497 e. The molecule has 15 heteroatoms. The molecule has 4 rings (SSSR count). The van der Waals surface area contributed by atoms with Crippen molar-refractivity contribution in [3.8, 4) is 17.0 Å². The lowest BCUT2D eigenvalue weighted by Crippen LogP contribution is -2.44. The van der Waals surface area contributed by atoms with Crippen molar-refractivity contribution < 1.29 is 50.9 Å². The van der Waals surface area contributed by atoms with Crippen LogP contribution < -0.4 is 4.74 Å². The lowest BCUT2D eigenvalue weighted by Gasteiger charge is -2.36. The van der Waals surface area contributed by atoms with E-state index in [0.717, 1.165) is 48.0 Å². The number of halogens is 6. The number of aliphatic carboxylic acids is 2. The van der Waals surface area contributed by atoms with Crippen LogP contribution in [0, 0.1) is 0 Å². The molecule has 2 aromatic heterocycles. The van der Waals surface area contributed by atoms with Gasteiger partial charge in [0.15, 0.2) is 0 Å². The third-order valence-electron chi connectivity index (χ3n) is 5.57. The summed E-state index contributed by atoms with van der Waals surface area (Å²) < 4.78 is 70.9. The van der Waals surface area contributed by atoms with Gasteiger partial charge < -0.3 is 19.8 Å². The molecule has 0 radical (unpaired) electrons. The van der Waals surface area contributed by atoms with E-state index in [1.807, 2.05) is 12.1 Å². The van der Waals surface area contributed by atoms with Crippen LogP contribution in [0.1, 0.15) is 11.7 Å². The monoisotopic (exact) mass is 564 g/mol. The van der Waals surface area contributed by atoms with Crippen LogP contribution in [0.15, 0.2) is 48.7 Å². The van der Waals surface area contributed by atoms with Crippen LogP contribution in [0.2, 0.25) is 0 Å². The molecule has 0 saturated carbocycles. The lowest BCUT2D eigenvalue weighted by molar-refractivity contribution is -0.193. The number of ether oxygens (including phenoxy) is 1. The van der Waals surface area contributed by atoms with Crippen molar-refractivity contribution in [3.05, 3.63) is 54.4 Å². The molecule has 1 aliphatic rings. The fourth-order valence-electron chi connectivity index (χ4n) is 3.52. The van der Waals surface area contributed by atoms with Crippen LogP contribution in [0.3, 0.4) is 0 Å². The van der Waals surface area contributed by atoms with Gasteiger partial charge in [-0.15, -0.1) is 0 Å². The summed E-state index contributed by atoms with van der Waals surface area (Å²) in [5, 5.41) is 14.2. The predicted octanol–water partition coefficient (Wildman–Crippen LogP) is 4.19. The van der Waals surface area contributed by atoms with E-state index in [0.29, 0.717) is 6.04 Å². The first kappa shape index (κ1) is 31.4. The Hall–Kier alpha value is -3.85. The van der Waals surface area contributed by atoms with E-state index in [1.54, 1.807) is 7.11 Å². The molecule has 0 spiro atoms. The zero-order valence-corrected chi connectivity index (χ0v) is 21.0. The third-order valence-corrected chi connectivity index (χ3v) is 5.57. The maximum atomic E-state index is 10.6. The Labute approximate surface area is 218 Å². The largest absolute Gasteiger partial charge is 0.497 e. The molecule has 1 atom stereocenters. The zero-order valence-electron chi connectivity index (χ0n) is 21.0. The number of methoxy groups -OCH3 is 1. The van der Waals surface area contributed by atoms with Crippen molar-refractivity contribution in [1.82, 2.24) is 19.2 Å². The number of carboxylic acid groups (broad SMARTS) is 2. The topological polar surface area (TPSA) is 108 Å². The first-order valence-corrected chi connectivity index (χ1v) is 11.2. The Morgan fingerprint density at radius 1 is 0.923 bits per heavy atom. The summed E-state index contributed by atoms with van der Waals surface area (Å²) in [6, 6.07) is 14.8. The molecule has 214 valence electrons. The van der Waals surface area contributed by atoms with Gasteiger partial charge in [0.1, 0.15) is 11.4 Å². The zero-order chi connectivity index (χ0) is 29.5. The standard InChI is InChI=1S/C20H24N4O.2C2HF3O2/c1-22-11-12-23(2)19(14-22)17-13-24-18(5-4-6-20(24)21-17)15-7-9-16(25-3)10-8-15;2*3-2(4,5)1(6)7/h4-10,13,19H,11-12,14H2,1-3H3;2*(H,6,7). The number of hydrogen-bond acceptors (Lipinski definition) is 6. The number of aromatic nitrogens is 2. The molecule has 0 aliphatic carbocycles. The Kier molecular flexibility index (Phi) is 10.3. The Morgan fingerprint density at radius 3 is 1.95 bits per heavy atom. The number of hydrogen-bond donors (Lipinski definition) is 2. The molecule has 0 bridgehead atoms. The highest BCUT2D eigenvalue weighted by Crippen LogP contribution is 2.27. The number of benzene rings is 1. The Morgan fingerprint density at radius 2 is 1.46 bits per heavy atom. The van der Waals surface area contributed by atoms with Crippen LogP contribution in [0.4, 0.5) is 26.3 Å². The highest BCUT2D eigenvalue weighted by atomic mass is 19.4. The summed E-state index contributed by atoms with van der Waals surface area (Å²) in [5.74, 6) is -4.64. The number of nitrogens with zero attached hydrogens (tertiary/aromatic N) is 4. The summed E-state index contributed by atoms with van der Waals surface area (Å²) >= 11 is 0. The molecule has 1 aromatic carbocycles. The van der Waals surface area contributed by atoms with E-state index in [9.17, 15) is 26.3 Å². The second kappa shape index (κ2) is 12.8. The van der Waals surface area contributed by atoms with Gasteiger partial charge in [-0.2, -0.15) is 26.3 Å². The average Bonchev–Trinajstić information content (AvgIpc) is 3.29. The molecule has 1 fully saturated rings. The fourth-order valence-corrected chi connectivity index (χ4v) is 3.52. The van der Waals surface area contributed by atoms with Gasteiger partial charge in [0.05, 0.1) is 24.5 Å². The van der Waals surface area contributed by atoms with Crippen molar-refractivity contribution in [2.75, 3.05) is 40.8 Å². The molecule has 1 saturated heterocycles. The van der Waals surface area contributed by atoms with E-state index in [2.05, 4.69) is 64.8 Å². The van der Waals surface area contributed by atoms with Crippen molar-refractivity contribution in [3.63, 3.8) is 0 Å². The van der Waals surface area contributed by atoms with E-state index in [-0.39, 0.29) is 0 Å². The fraction of sp³-hybridized carbons (Fsp3) is 0.375. The van der Waals surface area contributed by atoms with Crippen molar-refractivity contribution in [1.29, 1.82) is 0 Å². The number of likely N-dealkylation sites (N-methyl/N-ethyl adjacent to an activating group) is 2. The summed E-state index contributed by atoms with van der Waals surface area (Å²) in [5.41, 5.74) is 4.43. The molecule has 1 unspecified atom stereocenters. The van der Waals surface area contributed by atoms with Gasteiger partial charge in [0.2, 0.25) is 0 Å². The van der Waals surface area contributed by atoms with Crippen LogP contribution >= 0.6 is 0 Å². The number of fused-ring (bicyclic) bond motifs is 1. The molecule has 1 aliphatic heterocycles. The maximum absolute atomic E-state index is 10.6. The van der Waals surface area contributed by atoms with Gasteiger partial charge in [-0.1, -0.05) is 6.07 Å². The summed E-state index contributed by atoms with van der Waals surface area (Å²) in [4.78, 5) is 27.5. The second-order valence-electron chi connectivity index (χ2n) is 8.40. The highest BCUT2D eigenvalue weighted by Gasteiger charge is 2.38. The van der Waals surface area contributed by atoms with Crippen LogP contribution in [-0.2, 0) is 9.59 Å². The summed E-state index contributed by atoms with van der Waals surface area (Å²) in [6.45, 7) is 3.19. The molecule has 0 amide bonds. The molecule has 39 heavy (non-hydrogen) atoms. The smallest absolute Gasteiger partial charge is 0.490 e. The minimum absolute atomic E-state index is 0.336.